The molecule has 1 aliphatic carbocycles. The van der Waals surface area contributed by atoms with Crippen LogP contribution in [0.3, 0.4) is 0 Å². The smallest absolute Gasteiger partial charge is 0.227 e. The molecule has 0 heterocycles. The number of rotatable bonds is 7. The van der Waals surface area contributed by atoms with Crippen molar-refractivity contribution in [3.63, 3.8) is 0 Å². The minimum Gasteiger partial charge on any atom is -0.353 e. The summed E-state index contributed by atoms with van der Waals surface area (Å²) < 4.78 is 0. The molecule has 0 saturated carbocycles. The SMILES string of the molecule is C=C(C(C)C(=O)NC(C)Cc1ccc(Cl)cc1)C1C=CC=CC1C(C)=O.CC.CC.CC.CC.Cc1ccc(Cl)cc1. The van der Waals surface area contributed by atoms with Crippen molar-refractivity contribution in [2.24, 2.45) is 17.8 Å². The van der Waals surface area contributed by atoms with Gasteiger partial charge < -0.3 is 5.32 Å². The molecule has 3 rings (SSSR count). The molecule has 0 bridgehead atoms. The topological polar surface area (TPSA) is 46.2 Å². The second-order valence-electron chi connectivity index (χ2n) is 8.76. The summed E-state index contributed by atoms with van der Waals surface area (Å²) in [6, 6.07) is 15.4. The number of nitrogens with one attached hydrogen (secondary N) is 1. The number of carbonyl (C=O) groups excluding carboxylic acids is 2. The second kappa shape index (κ2) is 27.2. The van der Waals surface area contributed by atoms with Crippen molar-refractivity contribution in [2.75, 3.05) is 0 Å². The average molecular weight is 619 g/mol. The van der Waals surface area contributed by atoms with Gasteiger partial charge >= 0.3 is 0 Å². The number of hydrogen-bond donors (Lipinski definition) is 1. The van der Waals surface area contributed by atoms with E-state index in [1.807, 2.05) is 149 Å². The zero-order valence-electron chi connectivity index (χ0n) is 28.2. The number of aryl methyl sites for hydroxylation is 1. The minimum absolute atomic E-state index is 0.00989. The van der Waals surface area contributed by atoms with Crippen molar-refractivity contribution in [3.05, 3.63) is 106 Å². The summed E-state index contributed by atoms with van der Waals surface area (Å²) in [5, 5.41) is 4.55. The molecule has 1 amide bonds. The first-order valence-electron chi connectivity index (χ1n) is 15.4. The number of ketones is 1. The number of carbonyl (C=O) groups is 2. The zero-order chi connectivity index (χ0) is 33.3. The Morgan fingerprint density at radius 1 is 0.762 bits per heavy atom. The number of allylic oxidation sites excluding steroid dienone is 4. The Morgan fingerprint density at radius 2 is 1.17 bits per heavy atom. The Bertz CT molecular complexity index is 1020. The molecule has 5 heteroatoms. The van der Waals surface area contributed by atoms with Crippen molar-refractivity contribution < 1.29 is 9.59 Å². The van der Waals surface area contributed by atoms with Gasteiger partial charge in [-0.05, 0) is 63.9 Å². The summed E-state index contributed by atoms with van der Waals surface area (Å²) in [7, 11) is 0. The number of amides is 1. The summed E-state index contributed by atoms with van der Waals surface area (Å²) in [6.07, 6.45) is 8.34. The Morgan fingerprint density at radius 3 is 1.57 bits per heavy atom. The van der Waals surface area contributed by atoms with Crippen molar-refractivity contribution in [1.82, 2.24) is 5.32 Å². The molecule has 3 nitrogen and oxygen atoms in total. The normalized spacial score (nSPS) is 15.4. The number of hydrogen-bond acceptors (Lipinski definition) is 2. The fourth-order valence-corrected chi connectivity index (χ4v) is 3.98. The first kappa shape index (κ1) is 43.8. The first-order chi connectivity index (χ1) is 20.1. The highest BCUT2D eigenvalue weighted by atomic mass is 35.5. The van der Waals surface area contributed by atoms with E-state index in [4.69, 9.17) is 23.2 Å². The molecule has 0 radical (unpaired) electrons. The highest BCUT2D eigenvalue weighted by Gasteiger charge is 2.30. The van der Waals surface area contributed by atoms with E-state index in [0.717, 1.165) is 22.6 Å². The van der Waals surface area contributed by atoms with Crippen LogP contribution in [0, 0.1) is 24.7 Å². The van der Waals surface area contributed by atoms with Crippen molar-refractivity contribution in [2.45, 2.75) is 95.5 Å². The van der Waals surface area contributed by atoms with E-state index in [2.05, 4.69) is 11.9 Å². The highest BCUT2D eigenvalue weighted by molar-refractivity contribution is 6.30. The third kappa shape index (κ3) is 18.0. The van der Waals surface area contributed by atoms with Crippen molar-refractivity contribution >= 4 is 34.9 Å². The quantitative estimate of drug-likeness (QED) is 0.314. The summed E-state index contributed by atoms with van der Waals surface area (Å²) in [5.41, 5.74) is 3.13. The largest absolute Gasteiger partial charge is 0.353 e. The van der Waals surface area contributed by atoms with Gasteiger partial charge in [-0.25, -0.2) is 0 Å². The Hall–Kier alpha value is -2.62. The van der Waals surface area contributed by atoms with E-state index in [9.17, 15) is 9.59 Å². The van der Waals surface area contributed by atoms with Crippen LogP contribution in [0.1, 0.15) is 87.3 Å². The zero-order valence-corrected chi connectivity index (χ0v) is 29.7. The van der Waals surface area contributed by atoms with Crippen LogP contribution in [0.4, 0.5) is 0 Å². The van der Waals surface area contributed by atoms with Gasteiger partial charge in [0.2, 0.25) is 5.91 Å². The van der Waals surface area contributed by atoms with Crippen LogP contribution in [-0.4, -0.2) is 17.7 Å². The van der Waals surface area contributed by atoms with E-state index >= 15 is 0 Å². The van der Waals surface area contributed by atoms with Gasteiger partial charge in [0, 0.05) is 27.9 Å². The fourth-order valence-electron chi connectivity index (χ4n) is 3.73. The Balaban J connectivity index is -0.000000789. The lowest BCUT2D eigenvalue weighted by atomic mass is 9.77. The molecule has 0 aliphatic heterocycles. The maximum Gasteiger partial charge on any atom is 0.227 e. The lowest BCUT2D eigenvalue weighted by molar-refractivity contribution is -0.125. The third-order valence-electron chi connectivity index (χ3n) is 5.84. The Labute approximate surface area is 268 Å². The third-order valence-corrected chi connectivity index (χ3v) is 6.34. The van der Waals surface area contributed by atoms with Crippen LogP contribution in [-0.2, 0) is 16.0 Å². The van der Waals surface area contributed by atoms with Gasteiger partial charge in [-0.1, -0.05) is 145 Å². The van der Waals surface area contributed by atoms with Crippen LogP contribution in [0.15, 0.2) is 85.0 Å². The molecule has 2 aromatic rings. The maximum atomic E-state index is 12.6. The molecule has 4 atom stereocenters. The predicted octanol–water partition coefficient (Wildman–Crippen LogP) is 11.3. The van der Waals surface area contributed by atoms with Gasteiger partial charge in [0.15, 0.2) is 0 Å². The van der Waals surface area contributed by atoms with E-state index in [-0.39, 0.29) is 35.5 Å². The molecular weight excluding hydrogens is 561 g/mol. The van der Waals surface area contributed by atoms with Crippen LogP contribution >= 0.6 is 23.2 Å². The summed E-state index contributed by atoms with van der Waals surface area (Å²) in [6.45, 7) is 27.6. The molecule has 0 spiro atoms. The van der Waals surface area contributed by atoms with Crippen LogP contribution in [0.5, 0.6) is 0 Å². The molecule has 2 aromatic carbocycles. The van der Waals surface area contributed by atoms with Crippen molar-refractivity contribution in [1.29, 1.82) is 0 Å². The minimum atomic E-state index is -0.370. The van der Waals surface area contributed by atoms with E-state index in [1.165, 1.54) is 5.56 Å². The molecule has 42 heavy (non-hydrogen) atoms. The van der Waals surface area contributed by atoms with E-state index < -0.39 is 0 Å². The molecule has 0 fully saturated rings. The fraction of sp³-hybridized carbons (Fsp3) is 0.459. The summed E-state index contributed by atoms with van der Waals surface area (Å²) >= 11 is 11.5. The molecular formula is C37H57Cl2NO2. The van der Waals surface area contributed by atoms with Crippen LogP contribution in [0.25, 0.3) is 0 Å². The monoisotopic (exact) mass is 617 g/mol. The standard InChI is InChI=1S/C22H26ClNO2.C7H7Cl.4C2H6/c1-14(13-18-9-11-19(23)12-10-18)24-22(26)16(3)15(2)20-7-5-6-8-21(20)17(4)25;1-6-2-4-7(8)5-3-6;4*1-2/h5-12,14,16,20-21H,2,13H2,1,3-4H3,(H,24,26);2-5H,1H3;4*1-2H3. The van der Waals surface area contributed by atoms with Gasteiger partial charge in [-0.2, -0.15) is 0 Å². The van der Waals surface area contributed by atoms with Gasteiger partial charge in [-0.15, -0.1) is 0 Å². The first-order valence-corrected chi connectivity index (χ1v) is 16.1. The molecule has 1 N–H and O–H groups in total. The summed E-state index contributed by atoms with van der Waals surface area (Å²) in [5.74, 6) is -0.730. The lowest BCUT2D eigenvalue weighted by Gasteiger charge is -2.28. The van der Waals surface area contributed by atoms with Gasteiger partial charge in [0.05, 0.1) is 5.92 Å². The van der Waals surface area contributed by atoms with Crippen LogP contribution in [0.2, 0.25) is 10.0 Å². The molecule has 0 aromatic heterocycles. The highest BCUT2D eigenvalue weighted by Crippen LogP contribution is 2.31. The van der Waals surface area contributed by atoms with E-state index in [0.29, 0.717) is 5.02 Å². The lowest BCUT2D eigenvalue weighted by Crippen LogP contribution is -2.39. The molecule has 1 aliphatic rings. The van der Waals surface area contributed by atoms with Gasteiger partial charge in [-0.3, -0.25) is 9.59 Å². The van der Waals surface area contributed by atoms with Crippen molar-refractivity contribution in [3.8, 4) is 0 Å². The molecule has 0 saturated heterocycles. The van der Waals surface area contributed by atoms with Crippen LogP contribution < -0.4 is 5.32 Å². The molecule has 4 unspecified atom stereocenters. The summed E-state index contributed by atoms with van der Waals surface area (Å²) in [4.78, 5) is 24.5. The number of benzene rings is 2. The predicted molar refractivity (Wildman–Crippen MR) is 189 cm³/mol. The Kier molecular flexibility index (Phi) is 28.4. The number of Topliss-reactive ketones (excluding diaryl/α,β-unsaturated/α-hetero) is 1. The molecule has 236 valence electrons. The maximum absolute atomic E-state index is 12.6. The number of halogens is 2. The van der Waals surface area contributed by atoms with E-state index in [1.54, 1.807) is 6.92 Å². The second-order valence-corrected chi connectivity index (χ2v) is 9.64. The van der Waals surface area contributed by atoms with Gasteiger partial charge in [0.25, 0.3) is 0 Å². The van der Waals surface area contributed by atoms with Gasteiger partial charge in [0.1, 0.15) is 5.78 Å². The average Bonchev–Trinajstić information content (AvgIpc) is 3.03.